The van der Waals surface area contributed by atoms with Gasteiger partial charge in [-0.2, -0.15) is 0 Å². The topological polar surface area (TPSA) is 30.2 Å². The quantitative estimate of drug-likeness (QED) is 0.652. The Hall–Kier alpha value is -0.610. The van der Waals surface area contributed by atoms with Gasteiger partial charge in [-0.15, -0.1) is 10.2 Å². The number of hydrogen-bond acceptors (Lipinski definition) is 2. The van der Waals surface area contributed by atoms with Crippen LogP contribution in [0.2, 0.25) is 5.15 Å². The summed E-state index contributed by atoms with van der Waals surface area (Å²) < 4.78 is 2.59. The molecule has 0 atom stereocenters. The second kappa shape index (κ2) is 2.46. The van der Waals surface area contributed by atoms with Gasteiger partial charge in [-0.3, -0.25) is 4.40 Å². The van der Waals surface area contributed by atoms with Crippen LogP contribution in [0.15, 0.2) is 22.9 Å². The van der Waals surface area contributed by atoms with Crippen molar-refractivity contribution in [1.82, 2.24) is 14.6 Å². The number of pyridine rings is 1. The van der Waals surface area contributed by atoms with E-state index in [0.29, 0.717) is 5.15 Å². The predicted octanol–water partition coefficient (Wildman–Crippen LogP) is 2.15. The molecule has 3 nitrogen and oxygen atoms in total. The van der Waals surface area contributed by atoms with Gasteiger partial charge in [0, 0.05) is 0 Å². The maximum atomic E-state index is 5.83. The molecule has 2 aromatic heterocycles. The van der Waals surface area contributed by atoms with Crippen molar-refractivity contribution in [2.75, 3.05) is 0 Å². The number of nitrogens with zero attached hydrogens (tertiary/aromatic N) is 3. The average molecular weight is 232 g/mol. The minimum atomic E-state index is 0.605. The molecule has 0 N–H and O–H groups in total. The molecule has 0 aliphatic heterocycles. The van der Waals surface area contributed by atoms with Crippen molar-refractivity contribution in [3.8, 4) is 0 Å². The van der Waals surface area contributed by atoms with Crippen molar-refractivity contribution in [3.05, 3.63) is 28.1 Å². The standard InChI is InChI=1S/C6H3BrClN3/c7-4-1-2-5(8)11-3-9-10-6(4)11/h1-3H. The first kappa shape index (κ1) is 7.06. The fourth-order valence-corrected chi connectivity index (χ4v) is 1.44. The fourth-order valence-electron chi connectivity index (χ4n) is 0.851. The van der Waals surface area contributed by atoms with Gasteiger partial charge in [-0.05, 0) is 28.1 Å². The highest BCUT2D eigenvalue weighted by Crippen LogP contribution is 2.19. The summed E-state index contributed by atoms with van der Waals surface area (Å²) in [6, 6.07) is 3.62. The summed E-state index contributed by atoms with van der Waals surface area (Å²) >= 11 is 9.16. The van der Waals surface area contributed by atoms with Gasteiger partial charge in [-0.1, -0.05) is 11.6 Å². The minimum Gasteiger partial charge on any atom is -0.271 e. The van der Waals surface area contributed by atoms with Gasteiger partial charge in [0.1, 0.15) is 11.5 Å². The third-order valence-corrected chi connectivity index (χ3v) is 2.29. The molecule has 11 heavy (non-hydrogen) atoms. The Morgan fingerprint density at radius 1 is 1.45 bits per heavy atom. The minimum absolute atomic E-state index is 0.605. The van der Waals surface area contributed by atoms with E-state index in [1.165, 1.54) is 0 Å². The molecule has 0 saturated carbocycles. The van der Waals surface area contributed by atoms with Crippen LogP contribution in [0, 0.1) is 0 Å². The van der Waals surface area contributed by atoms with E-state index in [-0.39, 0.29) is 0 Å². The van der Waals surface area contributed by atoms with Gasteiger partial charge >= 0.3 is 0 Å². The van der Waals surface area contributed by atoms with Gasteiger partial charge in [0.15, 0.2) is 5.65 Å². The van der Waals surface area contributed by atoms with Crippen molar-refractivity contribution < 1.29 is 0 Å². The summed E-state index contributed by atoms with van der Waals surface area (Å²) in [7, 11) is 0. The van der Waals surface area contributed by atoms with E-state index in [2.05, 4.69) is 26.1 Å². The lowest BCUT2D eigenvalue weighted by atomic mass is 10.5. The Labute approximate surface area is 76.1 Å². The van der Waals surface area contributed by atoms with E-state index in [9.17, 15) is 0 Å². The average Bonchev–Trinajstić information content (AvgIpc) is 2.45. The van der Waals surface area contributed by atoms with Crippen molar-refractivity contribution in [3.63, 3.8) is 0 Å². The number of rotatable bonds is 0. The highest BCUT2D eigenvalue weighted by molar-refractivity contribution is 9.10. The van der Waals surface area contributed by atoms with Gasteiger partial charge in [0.25, 0.3) is 0 Å². The Kier molecular flexibility index (Phi) is 1.58. The lowest BCUT2D eigenvalue weighted by molar-refractivity contribution is 1.10. The molecule has 56 valence electrons. The molecule has 0 radical (unpaired) electrons. The van der Waals surface area contributed by atoms with E-state index in [1.54, 1.807) is 16.8 Å². The summed E-state index contributed by atoms with van der Waals surface area (Å²) in [6.45, 7) is 0. The molecule has 0 unspecified atom stereocenters. The molecule has 0 bridgehead atoms. The molecular formula is C6H3BrClN3. The fraction of sp³-hybridized carbons (Fsp3) is 0. The lowest BCUT2D eigenvalue weighted by Gasteiger charge is -1.95. The summed E-state index contributed by atoms with van der Waals surface area (Å²) in [4.78, 5) is 0. The van der Waals surface area contributed by atoms with Crippen LogP contribution in [-0.4, -0.2) is 14.6 Å². The summed E-state index contributed by atoms with van der Waals surface area (Å²) in [6.07, 6.45) is 1.57. The highest BCUT2D eigenvalue weighted by Gasteiger charge is 2.02. The monoisotopic (exact) mass is 231 g/mol. The molecule has 0 aromatic carbocycles. The van der Waals surface area contributed by atoms with Crippen LogP contribution < -0.4 is 0 Å². The van der Waals surface area contributed by atoms with Crippen molar-refractivity contribution in [1.29, 1.82) is 0 Å². The lowest BCUT2D eigenvalue weighted by Crippen LogP contribution is -1.84. The zero-order valence-corrected chi connectivity index (χ0v) is 7.67. The van der Waals surface area contributed by atoms with E-state index in [1.807, 2.05) is 6.07 Å². The zero-order chi connectivity index (χ0) is 7.84. The number of fused-ring (bicyclic) bond motifs is 1. The maximum Gasteiger partial charge on any atom is 0.176 e. The van der Waals surface area contributed by atoms with Gasteiger partial charge in [0.2, 0.25) is 0 Å². The molecule has 0 aliphatic carbocycles. The molecule has 0 spiro atoms. The molecule has 0 amide bonds. The summed E-state index contributed by atoms with van der Waals surface area (Å²) in [5.41, 5.74) is 0.734. The first-order valence-corrected chi connectivity index (χ1v) is 4.10. The van der Waals surface area contributed by atoms with E-state index >= 15 is 0 Å². The van der Waals surface area contributed by atoms with Crippen LogP contribution in [0.5, 0.6) is 0 Å². The third-order valence-electron chi connectivity index (χ3n) is 1.36. The first-order valence-electron chi connectivity index (χ1n) is 2.93. The third kappa shape index (κ3) is 1.02. The van der Waals surface area contributed by atoms with E-state index in [0.717, 1.165) is 10.1 Å². The second-order valence-corrected chi connectivity index (χ2v) is 3.27. The van der Waals surface area contributed by atoms with Gasteiger partial charge < -0.3 is 0 Å². The number of halogens is 2. The summed E-state index contributed by atoms with van der Waals surface area (Å²) in [5.74, 6) is 0. The smallest absolute Gasteiger partial charge is 0.176 e. The largest absolute Gasteiger partial charge is 0.271 e. The van der Waals surface area contributed by atoms with E-state index < -0.39 is 0 Å². The maximum absolute atomic E-state index is 5.83. The number of aromatic nitrogens is 3. The van der Waals surface area contributed by atoms with Gasteiger partial charge in [-0.25, -0.2) is 0 Å². The normalized spacial score (nSPS) is 10.7. The van der Waals surface area contributed by atoms with Crippen LogP contribution >= 0.6 is 27.5 Å². The Balaban J connectivity index is 2.96. The second-order valence-electron chi connectivity index (χ2n) is 2.03. The van der Waals surface area contributed by atoms with Crippen LogP contribution in [0.25, 0.3) is 5.65 Å². The molecule has 0 aliphatic rings. The highest BCUT2D eigenvalue weighted by atomic mass is 79.9. The SMILES string of the molecule is Clc1ccc(Br)c2nncn12. The van der Waals surface area contributed by atoms with Crippen molar-refractivity contribution >= 4 is 33.2 Å². The zero-order valence-electron chi connectivity index (χ0n) is 5.33. The predicted molar refractivity (Wildman–Crippen MR) is 45.7 cm³/mol. The Morgan fingerprint density at radius 2 is 2.27 bits per heavy atom. The van der Waals surface area contributed by atoms with Crippen LogP contribution in [-0.2, 0) is 0 Å². The van der Waals surface area contributed by atoms with Gasteiger partial charge in [0.05, 0.1) is 4.47 Å². The van der Waals surface area contributed by atoms with Crippen LogP contribution in [0.1, 0.15) is 0 Å². The van der Waals surface area contributed by atoms with E-state index in [4.69, 9.17) is 11.6 Å². The Bertz CT molecular complexity index is 362. The molecule has 0 saturated heterocycles. The molecule has 5 heteroatoms. The van der Waals surface area contributed by atoms with Crippen molar-refractivity contribution in [2.24, 2.45) is 0 Å². The Morgan fingerprint density at radius 3 is 3.00 bits per heavy atom. The number of hydrogen-bond donors (Lipinski definition) is 0. The molecule has 2 rings (SSSR count). The molecule has 2 aromatic rings. The molecule has 2 heterocycles. The first-order chi connectivity index (χ1) is 5.29. The van der Waals surface area contributed by atoms with Crippen LogP contribution in [0.3, 0.4) is 0 Å². The molecule has 0 fully saturated rings. The summed E-state index contributed by atoms with van der Waals surface area (Å²) in [5, 5.41) is 8.19. The van der Waals surface area contributed by atoms with Crippen LogP contribution in [0.4, 0.5) is 0 Å². The molecular weight excluding hydrogens is 229 g/mol. The van der Waals surface area contributed by atoms with Crippen molar-refractivity contribution in [2.45, 2.75) is 0 Å².